The maximum atomic E-state index is 5.84. The highest BCUT2D eigenvalue weighted by Crippen LogP contribution is 2.28. The Morgan fingerprint density at radius 1 is 1.40 bits per heavy atom. The Balaban J connectivity index is 1.96. The van der Waals surface area contributed by atoms with Crippen molar-refractivity contribution in [3.8, 4) is 0 Å². The fourth-order valence-electron chi connectivity index (χ4n) is 2.83. The van der Waals surface area contributed by atoms with Crippen molar-refractivity contribution >= 4 is 16.5 Å². The summed E-state index contributed by atoms with van der Waals surface area (Å²) in [4.78, 5) is 10.8. The average molecular weight is 296 g/mol. The first kappa shape index (κ1) is 15.7. The zero-order chi connectivity index (χ0) is 14.5. The summed E-state index contributed by atoms with van der Waals surface area (Å²) in [7, 11) is 4.39. The lowest BCUT2D eigenvalue weighted by Crippen LogP contribution is -2.35. The molecule has 2 heterocycles. The van der Waals surface area contributed by atoms with E-state index >= 15 is 0 Å². The molecule has 1 aromatic rings. The number of hydrogen-bond donors (Lipinski definition) is 1. The fraction of sp³-hybridized carbons (Fsp3) is 0.800. The van der Waals surface area contributed by atoms with Gasteiger partial charge < -0.3 is 15.5 Å². The molecule has 1 fully saturated rings. The Kier molecular flexibility index (Phi) is 5.81. The van der Waals surface area contributed by atoms with Gasteiger partial charge in [0, 0.05) is 25.0 Å². The van der Waals surface area contributed by atoms with Gasteiger partial charge in [0.05, 0.1) is 5.69 Å². The molecule has 0 saturated carbocycles. The Morgan fingerprint density at radius 2 is 2.10 bits per heavy atom. The van der Waals surface area contributed by atoms with E-state index in [1.54, 1.807) is 11.3 Å². The molecule has 0 atom stereocenters. The van der Waals surface area contributed by atoms with Crippen LogP contribution < -0.4 is 10.6 Å². The summed E-state index contributed by atoms with van der Waals surface area (Å²) in [6.07, 6.45) is 4.79. The third kappa shape index (κ3) is 3.93. The number of thiazole rings is 1. The Bertz CT molecular complexity index is 410. The van der Waals surface area contributed by atoms with Crippen LogP contribution in [0.2, 0.25) is 0 Å². The molecule has 1 saturated heterocycles. The van der Waals surface area contributed by atoms with Crippen LogP contribution in [0.25, 0.3) is 0 Å². The Hall–Kier alpha value is -0.650. The number of anilines is 1. The van der Waals surface area contributed by atoms with E-state index in [1.165, 1.54) is 36.5 Å². The van der Waals surface area contributed by atoms with Gasteiger partial charge in [-0.1, -0.05) is 13.3 Å². The molecule has 1 aromatic heterocycles. The van der Waals surface area contributed by atoms with Gasteiger partial charge in [0.25, 0.3) is 0 Å². The van der Waals surface area contributed by atoms with E-state index in [1.807, 2.05) is 0 Å². The van der Waals surface area contributed by atoms with Gasteiger partial charge in [-0.3, -0.25) is 0 Å². The molecule has 5 heteroatoms. The molecule has 0 aromatic carbocycles. The van der Waals surface area contributed by atoms with E-state index < -0.39 is 0 Å². The minimum atomic E-state index is 0.620. The number of aryl methyl sites for hydroxylation is 1. The molecule has 0 bridgehead atoms. The van der Waals surface area contributed by atoms with Crippen molar-refractivity contribution in [3.63, 3.8) is 0 Å². The van der Waals surface area contributed by atoms with Gasteiger partial charge in [0.1, 0.15) is 0 Å². The maximum absolute atomic E-state index is 5.84. The highest BCUT2D eigenvalue weighted by atomic mass is 32.1. The first-order chi connectivity index (χ1) is 9.63. The van der Waals surface area contributed by atoms with Crippen LogP contribution in [0.3, 0.4) is 0 Å². The van der Waals surface area contributed by atoms with Gasteiger partial charge >= 0.3 is 0 Å². The number of aromatic nitrogens is 1. The number of nitrogens with two attached hydrogens (primary N) is 1. The van der Waals surface area contributed by atoms with Crippen LogP contribution in [0, 0.1) is 5.92 Å². The molecule has 4 nitrogen and oxygen atoms in total. The standard InChI is InChI=1S/C15H28N4S/c1-4-5-13-14(10-16)20-15(17-13)19(3)11-12-6-8-18(2)9-7-12/h12H,4-11,16H2,1-3H3. The molecule has 0 amide bonds. The van der Waals surface area contributed by atoms with Gasteiger partial charge in [-0.25, -0.2) is 4.98 Å². The topological polar surface area (TPSA) is 45.4 Å². The van der Waals surface area contributed by atoms with Crippen LogP contribution in [-0.4, -0.2) is 43.6 Å². The molecule has 1 aliphatic rings. The van der Waals surface area contributed by atoms with E-state index in [4.69, 9.17) is 10.7 Å². The van der Waals surface area contributed by atoms with Gasteiger partial charge in [0.15, 0.2) is 5.13 Å². The molecule has 114 valence electrons. The van der Waals surface area contributed by atoms with Gasteiger partial charge in [0.2, 0.25) is 0 Å². The summed E-state index contributed by atoms with van der Waals surface area (Å²) in [6, 6.07) is 0. The lowest BCUT2D eigenvalue weighted by molar-refractivity contribution is 0.222. The zero-order valence-corrected chi connectivity index (χ0v) is 13.9. The Labute approximate surface area is 127 Å². The quantitative estimate of drug-likeness (QED) is 0.875. The van der Waals surface area contributed by atoms with Crippen molar-refractivity contribution in [2.75, 3.05) is 38.6 Å². The van der Waals surface area contributed by atoms with Crippen LogP contribution in [0.4, 0.5) is 5.13 Å². The van der Waals surface area contributed by atoms with Crippen LogP contribution in [0.15, 0.2) is 0 Å². The number of rotatable bonds is 6. The largest absolute Gasteiger partial charge is 0.351 e. The van der Waals surface area contributed by atoms with Gasteiger partial charge in [-0.15, -0.1) is 11.3 Å². The van der Waals surface area contributed by atoms with E-state index in [9.17, 15) is 0 Å². The molecule has 0 spiro atoms. The van der Waals surface area contributed by atoms with Crippen LogP contribution >= 0.6 is 11.3 Å². The highest BCUT2D eigenvalue weighted by molar-refractivity contribution is 7.15. The van der Waals surface area contributed by atoms with Crippen molar-refractivity contribution in [1.29, 1.82) is 0 Å². The van der Waals surface area contributed by atoms with Crippen molar-refractivity contribution in [3.05, 3.63) is 10.6 Å². The zero-order valence-electron chi connectivity index (χ0n) is 13.1. The number of nitrogens with zero attached hydrogens (tertiary/aromatic N) is 3. The van der Waals surface area contributed by atoms with E-state index in [0.29, 0.717) is 6.54 Å². The van der Waals surface area contributed by atoms with E-state index in [-0.39, 0.29) is 0 Å². The molecular formula is C15H28N4S. The summed E-state index contributed by atoms with van der Waals surface area (Å²) in [5, 5.41) is 1.15. The maximum Gasteiger partial charge on any atom is 0.185 e. The minimum absolute atomic E-state index is 0.620. The SMILES string of the molecule is CCCc1nc(N(C)CC2CCN(C)CC2)sc1CN. The third-order valence-electron chi connectivity index (χ3n) is 4.14. The molecule has 0 aliphatic carbocycles. The summed E-state index contributed by atoms with van der Waals surface area (Å²) < 4.78 is 0. The summed E-state index contributed by atoms with van der Waals surface area (Å²) in [5.74, 6) is 0.802. The molecule has 2 N–H and O–H groups in total. The lowest BCUT2D eigenvalue weighted by atomic mass is 9.97. The third-order valence-corrected chi connectivity index (χ3v) is 5.37. The van der Waals surface area contributed by atoms with Crippen LogP contribution in [0.5, 0.6) is 0 Å². The van der Waals surface area contributed by atoms with Crippen molar-refractivity contribution < 1.29 is 0 Å². The number of likely N-dealkylation sites (tertiary alicyclic amines) is 1. The molecule has 0 radical (unpaired) electrons. The van der Waals surface area contributed by atoms with Crippen molar-refractivity contribution in [2.45, 2.75) is 39.2 Å². The first-order valence-electron chi connectivity index (χ1n) is 7.72. The normalized spacial score (nSPS) is 17.6. The van der Waals surface area contributed by atoms with E-state index in [0.717, 1.165) is 30.4 Å². The smallest absolute Gasteiger partial charge is 0.185 e. The predicted octanol–water partition coefficient (Wildman–Crippen LogP) is 2.33. The minimum Gasteiger partial charge on any atom is -0.351 e. The molecule has 1 aliphatic heterocycles. The second-order valence-electron chi connectivity index (χ2n) is 5.95. The average Bonchev–Trinajstić information content (AvgIpc) is 2.85. The van der Waals surface area contributed by atoms with Crippen LogP contribution in [0.1, 0.15) is 36.8 Å². The van der Waals surface area contributed by atoms with Gasteiger partial charge in [-0.2, -0.15) is 0 Å². The van der Waals surface area contributed by atoms with Crippen LogP contribution in [-0.2, 0) is 13.0 Å². The monoisotopic (exact) mass is 296 g/mol. The van der Waals surface area contributed by atoms with Gasteiger partial charge in [-0.05, 0) is 45.3 Å². The van der Waals surface area contributed by atoms with Crippen molar-refractivity contribution in [1.82, 2.24) is 9.88 Å². The summed E-state index contributed by atoms with van der Waals surface area (Å²) in [6.45, 7) is 6.39. The first-order valence-corrected chi connectivity index (χ1v) is 8.54. The predicted molar refractivity (Wildman–Crippen MR) is 87.5 cm³/mol. The summed E-state index contributed by atoms with van der Waals surface area (Å²) >= 11 is 1.78. The molecule has 0 unspecified atom stereocenters. The highest BCUT2D eigenvalue weighted by Gasteiger charge is 2.20. The molecular weight excluding hydrogens is 268 g/mol. The number of hydrogen-bond acceptors (Lipinski definition) is 5. The molecule has 20 heavy (non-hydrogen) atoms. The lowest BCUT2D eigenvalue weighted by Gasteiger charge is -2.31. The molecule has 2 rings (SSSR count). The van der Waals surface area contributed by atoms with E-state index in [2.05, 4.69) is 30.8 Å². The summed E-state index contributed by atoms with van der Waals surface area (Å²) in [5.41, 5.74) is 7.05. The number of piperidine rings is 1. The fourth-order valence-corrected chi connectivity index (χ4v) is 3.79. The second kappa shape index (κ2) is 7.38. The Morgan fingerprint density at radius 3 is 2.70 bits per heavy atom. The second-order valence-corrected chi connectivity index (χ2v) is 7.01. The van der Waals surface area contributed by atoms with Crippen molar-refractivity contribution in [2.24, 2.45) is 11.7 Å².